The van der Waals surface area contributed by atoms with Gasteiger partial charge in [-0.05, 0) is 31.2 Å². The topological polar surface area (TPSA) is 54.3 Å². The average Bonchev–Trinajstić information content (AvgIpc) is 2.83. The van der Waals surface area contributed by atoms with E-state index in [0.717, 1.165) is 17.0 Å². The van der Waals surface area contributed by atoms with Crippen molar-refractivity contribution in [1.82, 2.24) is 5.32 Å². The van der Waals surface area contributed by atoms with Crippen LogP contribution in [-0.4, -0.2) is 6.03 Å². The number of rotatable bonds is 3. The van der Waals surface area contributed by atoms with Crippen molar-refractivity contribution in [3.05, 3.63) is 54.0 Å². The van der Waals surface area contributed by atoms with Crippen LogP contribution in [0.3, 0.4) is 0 Å². The lowest BCUT2D eigenvalue weighted by Crippen LogP contribution is -2.27. The van der Waals surface area contributed by atoms with Crippen LogP contribution < -0.4 is 10.6 Å². The summed E-state index contributed by atoms with van der Waals surface area (Å²) in [5.74, 6) is 0.726. The maximum atomic E-state index is 11.5. The molecule has 0 fully saturated rings. The lowest BCUT2D eigenvalue weighted by molar-refractivity contribution is 0.251. The Morgan fingerprint density at radius 1 is 1.24 bits per heavy atom. The number of amides is 2. The maximum absolute atomic E-state index is 11.5. The van der Waals surface area contributed by atoms with E-state index in [2.05, 4.69) is 10.6 Å². The Morgan fingerprint density at radius 2 is 2.00 bits per heavy atom. The van der Waals surface area contributed by atoms with Gasteiger partial charge in [0.1, 0.15) is 5.76 Å². The van der Waals surface area contributed by atoms with E-state index in [-0.39, 0.29) is 6.03 Å². The highest BCUT2D eigenvalue weighted by Gasteiger charge is 2.02. The number of furan rings is 1. The molecule has 17 heavy (non-hydrogen) atoms. The van der Waals surface area contributed by atoms with Gasteiger partial charge >= 0.3 is 6.03 Å². The molecular formula is C13H14N2O2. The SMILES string of the molecule is Cc1ccc(NC(=O)NCc2ccco2)cc1. The molecule has 4 nitrogen and oxygen atoms in total. The van der Waals surface area contributed by atoms with Gasteiger partial charge in [0.2, 0.25) is 0 Å². The zero-order valence-electron chi connectivity index (χ0n) is 9.57. The molecule has 0 unspecified atom stereocenters. The molecule has 88 valence electrons. The predicted molar refractivity (Wildman–Crippen MR) is 65.7 cm³/mol. The van der Waals surface area contributed by atoms with Crippen molar-refractivity contribution < 1.29 is 9.21 Å². The van der Waals surface area contributed by atoms with Gasteiger partial charge in [-0.3, -0.25) is 0 Å². The van der Waals surface area contributed by atoms with E-state index in [4.69, 9.17) is 4.42 Å². The Labute approximate surface area is 99.6 Å². The molecule has 1 aromatic carbocycles. The molecule has 4 heteroatoms. The molecule has 2 rings (SSSR count). The molecule has 0 aliphatic heterocycles. The summed E-state index contributed by atoms with van der Waals surface area (Å²) in [5, 5.41) is 5.44. The zero-order chi connectivity index (χ0) is 12.1. The standard InChI is InChI=1S/C13H14N2O2/c1-10-4-6-11(7-5-10)15-13(16)14-9-12-3-2-8-17-12/h2-8H,9H2,1H3,(H2,14,15,16). The Morgan fingerprint density at radius 3 is 2.65 bits per heavy atom. The number of aryl methyl sites for hydroxylation is 1. The fourth-order valence-electron chi connectivity index (χ4n) is 1.39. The second-order valence-electron chi connectivity index (χ2n) is 3.75. The van der Waals surface area contributed by atoms with E-state index < -0.39 is 0 Å². The van der Waals surface area contributed by atoms with Crippen molar-refractivity contribution in [2.24, 2.45) is 0 Å². The lowest BCUT2D eigenvalue weighted by atomic mass is 10.2. The fraction of sp³-hybridized carbons (Fsp3) is 0.154. The molecular weight excluding hydrogens is 216 g/mol. The molecule has 0 radical (unpaired) electrons. The van der Waals surface area contributed by atoms with E-state index in [0.29, 0.717) is 6.54 Å². The van der Waals surface area contributed by atoms with Gasteiger partial charge in [-0.2, -0.15) is 0 Å². The van der Waals surface area contributed by atoms with E-state index in [1.54, 1.807) is 12.3 Å². The maximum Gasteiger partial charge on any atom is 0.319 e. The van der Waals surface area contributed by atoms with Crippen molar-refractivity contribution in [3.8, 4) is 0 Å². The second-order valence-corrected chi connectivity index (χ2v) is 3.75. The monoisotopic (exact) mass is 230 g/mol. The molecule has 0 bridgehead atoms. The van der Waals surface area contributed by atoms with Crippen LogP contribution in [0.2, 0.25) is 0 Å². The van der Waals surface area contributed by atoms with E-state index in [9.17, 15) is 4.79 Å². The van der Waals surface area contributed by atoms with Gasteiger partial charge in [0.25, 0.3) is 0 Å². The number of hydrogen-bond donors (Lipinski definition) is 2. The van der Waals surface area contributed by atoms with Crippen LogP contribution in [-0.2, 0) is 6.54 Å². The number of carbonyl (C=O) groups excluding carboxylic acids is 1. The van der Waals surface area contributed by atoms with Gasteiger partial charge in [0, 0.05) is 5.69 Å². The Balaban J connectivity index is 1.83. The molecule has 2 amide bonds. The van der Waals surface area contributed by atoms with Crippen molar-refractivity contribution in [1.29, 1.82) is 0 Å². The van der Waals surface area contributed by atoms with Crippen LogP contribution in [0.4, 0.5) is 10.5 Å². The van der Waals surface area contributed by atoms with Crippen molar-refractivity contribution in [3.63, 3.8) is 0 Å². The molecule has 2 N–H and O–H groups in total. The summed E-state index contributed by atoms with van der Waals surface area (Å²) >= 11 is 0. The lowest BCUT2D eigenvalue weighted by Gasteiger charge is -2.06. The highest BCUT2D eigenvalue weighted by molar-refractivity contribution is 5.89. The minimum atomic E-state index is -0.245. The highest BCUT2D eigenvalue weighted by atomic mass is 16.3. The summed E-state index contributed by atoms with van der Waals surface area (Å²) in [4.78, 5) is 11.5. The first-order chi connectivity index (χ1) is 8.24. The fourth-order valence-corrected chi connectivity index (χ4v) is 1.39. The number of hydrogen-bond acceptors (Lipinski definition) is 2. The average molecular weight is 230 g/mol. The van der Waals surface area contributed by atoms with Crippen LogP contribution in [0.5, 0.6) is 0 Å². The summed E-state index contributed by atoms with van der Waals surface area (Å²) in [6, 6.07) is 11.0. The number of urea groups is 1. The van der Waals surface area contributed by atoms with E-state index in [1.807, 2.05) is 37.3 Å². The molecule has 2 aromatic rings. The first-order valence-electron chi connectivity index (χ1n) is 5.38. The van der Waals surface area contributed by atoms with E-state index >= 15 is 0 Å². The smallest absolute Gasteiger partial charge is 0.319 e. The third-order valence-electron chi connectivity index (χ3n) is 2.31. The molecule has 0 saturated carbocycles. The highest BCUT2D eigenvalue weighted by Crippen LogP contribution is 2.08. The minimum Gasteiger partial charge on any atom is -0.467 e. The van der Waals surface area contributed by atoms with Gasteiger partial charge < -0.3 is 15.1 Å². The van der Waals surface area contributed by atoms with Crippen LogP contribution in [0.25, 0.3) is 0 Å². The summed E-state index contributed by atoms with van der Waals surface area (Å²) in [7, 11) is 0. The first kappa shape index (κ1) is 11.3. The van der Waals surface area contributed by atoms with Gasteiger partial charge in [0.05, 0.1) is 12.8 Å². The summed E-state index contributed by atoms with van der Waals surface area (Å²) in [6.45, 7) is 2.38. The molecule has 0 aliphatic rings. The third kappa shape index (κ3) is 3.38. The Bertz CT molecular complexity index is 475. The van der Waals surface area contributed by atoms with Crippen LogP contribution >= 0.6 is 0 Å². The minimum absolute atomic E-state index is 0.245. The van der Waals surface area contributed by atoms with Gasteiger partial charge in [-0.1, -0.05) is 17.7 Å². The van der Waals surface area contributed by atoms with Crippen molar-refractivity contribution in [2.75, 3.05) is 5.32 Å². The Hall–Kier alpha value is -2.23. The quantitative estimate of drug-likeness (QED) is 0.851. The molecule has 0 saturated heterocycles. The summed E-state index contributed by atoms with van der Waals surface area (Å²) in [5.41, 5.74) is 1.93. The van der Waals surface area contributed by atoms with E-state index in [1.165, 1.54) is 0 Å². The predicted octanol–water partition coefficient (Wildman–Crippen LogP) is 2.91. The van der Waals surface area contributed by atoms with Gasteiger partial charge in [-0.25, -0.2) is 4.79 Å². The normalized spacial score (nSPS) is 9.94. The van der Waals surface area contributed by atoms with Crippen molar-refractivity contribution in [2.45, 2.75) is 13.5 Å². The molecule has 0 atom stereocenters. The number of anilines is 1. The van der Waals surface area contributed by atoms with Crippen LogP contribution in [0.15, 0.2) is 47.1 Å². The van der Waals surface area contributed by atoms with Crippen molar-refractivity contribution >= 4 is 11.7 Å². The first-order valence-corrected chi connectivity index (χ1v) is 5.38. The number of nitrogens with one attached hydrogen (secondary N) is 2. The van der Waals surface area contributed by atoms with Crippen LogP contribution in [0.1, 0.15) is 11.3 Å². The zero-order valence-corrected chi connectivity index (χ0v) is 9.57. The third-order valence-corrected chi connectivity index (χ3v) is 2.31. The molecule has 1 heterocycles. The molecule has 1 aromatic heterocycles. The number of carbonyl (C=O) groups is 1. The summed E-state index contributed by atoms with van der Waals surface area (Å²) < 4.78 is 5.11. The second kappa shape index (κ2) is 5.21. The molecule has 0 aliphatic carbocycles. The largest absolute Gasteiger partial charge is 0.467 e. The van der Waals surface area contributed by atoms with Gasteiger partial charge in [-0.15, -0.1) is 0 Å². The summed E-state index contributed by atoms with van der Waals surface area (Å²) in [6.07, 6.45) is 1.58. The Kier molecular flexibility index (Phi) is 3.45. The number of benzene rings is 1. The van der Waals surface area contributed by atoms with Gasteiger partial charge in [0.15, 0.2) is 0 Å². The molecule has 0 spiro atoms. The van der Waals surface area contributed by atoms with Crippen LogP contribution in [0, 0.1) is 6.92 Å².